The first-order valence-corrected chi connectivity index (χ1v) is 18.9. The standard InChI is InChI=1S/C52H35N3O/c1-6-19-36(20-7-1)49-53-50(37-21-8-2-9-22-37)55-51(54-49)39-34-45(48-44-31-16-17-32-46(44)56-47(48)35-39)38-23-18-30-43(33-38)52(40-24-10-3-11-25-40,41-26-12-4-13-27-41)42-28-14-5-15-29-42/h1-35H. The summed E-state index contributed by atoms with van der Waals surface area (Å²) in [5.74, 6) is 1.80. The smallest absolute Gasteiger partial charge is 0.164 e. The third kappa shape index (κ3) is 5.76. The molecule has 56 heavy (non-hydrogen) atoms. The van der Waals surface area contributed by atoms with Crippen molar-refractivity contribution in [1.29, 1.82) is 0 Å². The van der Waals surface area contributed by atoms with Crippen LogP contribution in [0, 0.1) is 0 Å². The summed E-state index contributed by atoms with van der Waals surface area (Å²) in [6.07, 6.45) is 0. The molecule has 0 spiro atoms. The molecule has 0 radical (unpaired) electrons. The molecule has 0 fully saturated rings. The molecule has 0 aliphatic heterocycles. The maximum absolute atomic E-state index is 6.64. The van der Waals surface area contributed by atoms with Gasteiger partial charge in [-0.3, -0.25) is 0 Å². The fraction of sp³-hybridized carbons (Fsp3) is 0.0192. The highest BCUT2D eigenvalue weighted by Crippen LogP contribution is 2.47. The first kappa shape index (κ1) is 33.2. The molecule has 264 valence electrons. The molecular weight excluding hydrogens is 683 g/mol. The van der Waals surface area contributed by atoms with E-state index < -0.39 is 5.41 Å². The quantitative estimate of drug-likeness (QED) is 0.147. The van der Waals surface area contributed by atoms with Gasteiger partial charge in [0.05, 0.1) is 5.41 Å². The normalized spacial score (nSPS) is 11.6. The molecule has 10 rings (SSSR count). The van der Waals surface area contributed by atoms with Gasteiger partial charge in [-0.25, -0.2) is 15.0 Å². The minimum absolute atomic E-state index is 0.574. The van der Waals surface area contributed by atoms with Gasteiger partial charge >= 0.3 is 0 Å². The number of fused-ring (bicyclic) bond motifs is 3. The van der Waals surface area contributed by atoms with Gasteiger partial charge in [0.2, 0.25) is 0 Å². The molecule has 0 N–H and O–H groups in total. The van der Waals surface area contributed by atoms with Crippen LogP contribution in [0.15, 0.2) is 217 Å². The number of nitrogens with zero attached hydrogens (tertiary/aromatic N) is 3. The molecule has 0 saturated carbocycles. The Morgan fingerprint density at radius 2 is 0.750 bits per heavy atom. The summed E-state index contributed by atoms with van der Waals surface area (Å²) in [5.41, 5.74) is 10.5. The number of furan rings is 1. The van der Waals surface area contributed by atoms with Gasteiger partial charge in [-0.05, 0) is 57.6 Å². The molecule has 0 unspecified atom stereocenters. The van der Waals surface area contributed by atoms with Crippen molar-refractivity contribution >= 4 is 21.9 Å². The van der Waals surface area contributed by atoms with Crippen LogP contribution in [0.2, 0.25) is 0 Å². The Bertz CT molecular complexity index is 2790. The van der Waals surface area contributed by atoms with E-state index in [-0.39, 0.29) is 0 Å². The van der Waals surface area contributed by atoms with Gasteiger partial charge in [0.15, 0.2) is 17.5 Å². The second-order valence-corrected chi connectivity index (χ2v) is 14.0. The average Bonchev–Trinajstić information content (AvgIpc) is 3.67. The van der Waals surface area contributed by atoms with Crippen molar-refractivity contribution in [3.05, 3.63) is 235 Å². The van der Waals surface area contributed by atoms with Crippen molar-refractivity contribution in [3.63, 3.8) is 0 Å². The minimum Gasteiger partial charge on any atom is -0.456 e. The summed E-state index contributed by atoms with van der Waals surface area (Å²) < 4.78 is 6.64. The highest BCUT2D eigenvalue weighted by molar-refractivity contribution is 6.13. The summed E-state index contributed by atoms with van der Waals surface area (Å²) in [5, 5.41) is 2.10. The average molecular weight is 718 g/mol. The van der Waals surface area contributed by atoms with Gasteiger partial charge in [-0.1, -0.05) is 188 Å². The second-order valence-electron chi connectivity index (χ2n) is 14.0. The largest absolute Gasteiger partial charge is 0.456 e. The van der Waals surface area contributed by atoms with Crippen LogP contribution in [0.1, 0.15) is 22.3 Å². The summed E-state index contributed by atoms with van der Waals surface area (Å²) >= 11 is 0. The van der Waals surface area contributed by atoms with Crippen LogP contribution in [0.5, 0.6) is 0 Å². The zero-order valence-corrected chi connectivity index (χ0v) is 30.5. The van der Waals surface area contributed by atoms with Crippen molar-refractivity contribution < 1.29 is 4.42 Å². The molecule has 0 amide bonds. The molecule has 0 aliphatic rings. The fourth-order valence-corrected chi connectivity index (χ4v) is 8.13. The molecule has 0 atom stereocenters. The topological polar surface area (TPSA) is 51.8 Å². The fourth-order valence-electron chi connectivity index (χ4n) is 8.13. The molecule has 8 aromatic carbocycles. The van der Waals surface area contributed by atoms with E-state index in [4.69, 9.17) is 19.4 Å². The molecule has 2 heterocycles. The highest BCUT2D eigenvalue weighted by Gasteiger charge is 2.38. The van der Waals surface area contributed by atoms with E-state index in [1.807, 2.05) is 72.8 Å². The van der Waals surface area contributed by atoms with E-state index in [2.05, 4.69) is 140 Å². The Morgan fingerprint density at radius 1 is 0.321 bits per heavy atom. The van der Waals surface area contributed by atoms with Crippen molar-refractivity contribution in [1.82, 2.24) is 15.0 Å². The van der Waals surface area contributed by atoms with Gasteiger partial charge in [0.25, 0.3) is 0 Å². The summed E-state index contributed by atoms with van der Waals surface area (Å²) in [6.45, 7) is 0. The Kier molecular flexibility index (Phi) is 8.34. The van der Waals surface area contributed by atoms with Crippen LogP contribution < -0.4 is 0 Å². The predicted molar refractivity (Wildman–Crippen MR) is 227 cm³/mol. The van der Waals surface area contributed by atoms with E-state index in [1.54, 1.807) is 0 Å². The van der Waals surface area contributed by atoms with Crippen molar-refractivity contribution in [2.75, 3.05) is 0 Å². The minimum atomic E-state index is -0.599. The maximum Gasteiger partial charge on any atom is 0.164 e. The summed E-state index contributed by atoms with van der Waals surface area (Å²) in [7, 11) is 0. The zero-order valence-electron chi connectivity index (χ0n) is 30.5. The second kappa shape index (κ2) is 14.1. The SMILES string of the molecule is c1ccc(-c2nc(-c3ccccc3)nc(-c3cc(-c4cccc(C(c5ccccc5)(c5ccccc5)c5ccccc5)c4)c4c(c3)oc3ccccc34)n2)cc1. The van der Waals surface area contributed by atoms with Crippen LogP contribution in [0.25, 0.3) is 67.2 Å². The number of hydrogen-bond acceptors (Lipinski definition) is 4. The lowest BCUT2D eigenvalue weighted by Crippen LogP contribution is -2.31. The summed E-state index contributed by atoms with van der Waals surface area (Å²) in [6, 6.07) is 74.2. The highest BCUT2D eigenvalue weighted by atomic mass is 16.3. The molecule has 0 bridgehead atoms. The number of hydrogen-bond donors (Lipinski definition) is 0. The Balaban J connectivity index is 1.25. The van der Waals surface area contributed by atoms with Gasteiger partial charge in [-0.2, -0.15) is 0 Å². The van der Waals surface area contributed by atoms with Crippen LogP contribution >= 0.6 is 0 Å². The van der Waals surface area contributed by atoms with E-state index in [1.165, 1.54) is 16.7 Å². The third-order valence-electron chi connectivity index (χ3n) is 10.7. The molecule has 2 aromatic heterocycles. The van der Waals surface area contributed by atoms with Gasteiger partial charge in [-0.15, -0.1) is 0 Å². The van der Waals surface area contributed by atoms with Crippen molar-refractivity contribution in [2.45, 2.75) is 5.41 Å². The maximum atomic E-state index is 6.64. The Labute approximate surface area is 325 Å². The summed E-state index contributed by atoms with van der Waals surface area (Å²) in [4.78, 5) is 15.2. The van der Waals surface area contributed by atoms with E-state index in [9.17, 15) is 0 Å². The van der Waals surface area contributed by atoms with Crippen LogP contribution in [0.3, 0.4) is 0 Å². The number of aromatic nitrogens is 3. The van der Waals surface area contributed by atoms with Gasteiger partial charge < -0.3 is 4.42 Å². The van der Waals surface area contributed by atoms with E-state index in [0.717, 1.165) is 55.3 Å². The number of rotatable bonds is 8. The monoisotopic (exact) mass is 717 g/mol. The third-order valence-corrected chi connectivity index (χ3v) is 10.7. The molecular formula is C52H35N3O. The molecule has 0 saturated heterocycles. The van der Waals surface area contributed by atoms with E-state index >= 15 is 0 Å². The lowest BCUT2D eigenvalue weighted by atomic mass is 9.65. The lowest BCUT2D eigenvalue weighted by Gasteiger charge is -2.37. The van der Waals surface area contributed by atoms with Crippen molar-refractivity contribution in [2.24, 2.45) is 0 Å². The predicted octanol–water partition coefficient (Wildman–Crippen LogP) is 12.8. The molecule has 4 nitrogen and oxygen atoms in total. The van der Waals surface area contributed by atoms with E-state index in [0.29, 0.717) is 17.5 Å². The van der Waals surface area contributed by atoms with Gasteiger partial charge in [0.1, 0.15) is 11.2 Å². The first-order valence-electron chi connectivity index (χ1n) is 18.9. The number of para-hydroxylation sites is 1. The van der Waals surface area contributed by atoms with Crippen LogP contribution in [0.4, 0.5) is 0 Å². The van der Waals surface area contributed by atoms with Crippen LogP contribution in [-0.2, 0) is 5.41 Å². The molecule has 10 aromatic rings. The Morgan fingerprint density at radius 3 is 1.29 bits per heavy atom. The number of benzene rings is 8. The molecule has 0 aliphatic carbocycles. The van der Waals surface area contributed by atoms with Crippen LogP contribution in [-0.4, -0.2) is 15.0 Å². The zero-order chi connectivity index (χ0) is 37.3. The van der Waals surface area contributed by atoms with Gasteiger partial charge in [0, 0.05) is 27.5 Å². The van der Waals surface area contributed by atoms with Crippen molar-refractivity contribution in [3.8, 4) is 45.3 Å². The Hall–Kier alpha value is -7.43. The molecule has 4 heteroatoms. The first-order chi connectivity index (χ1) is 27.8. The lowest BCUT2D eigenvalue weighted by molar-refractivity contribution is 0.669.